The van der Waals surface area contributed by atoms with Crippen molar-refractivity contribution >= 4 is 140 Å². The van der Waals surface area contributed by atoms with Crippen LogP contribution < -0.4 is 0 Å². The van der Waals surface area contributed by atoms with Gasteiger partial charge in [0.1, 0.15) is 5.82 Å². The van der Waals surface area contributed by atoms with Gasteiger partial charge in [-0.3, -0.25) is 24.5 Å². The lowest BCUT2D eigenvalue weighted by atomic mass is 9.84. The molecule has 0 N–H and O–H groups in total. The second-order valence-corrected chi connectivity index (χ2v) is 38.0. The summed E-state index contributed by atoms with van der Waals surface area (Å²) in [4.78, 5) is 24.0. The Morgan fingerprint density at radius 3 is 0.939 bits per heavy atom. The summed E-state index contributed by atoms with van der Waals surface area (Å²) in [6.45, 7) is 0. The number of hydrogen-bond acceptors (Lipinski definition) is 5. The lowest BCUT2D eigenvalue weighted by molar-refractivity contribution is 1.10. The van der Waals surface area contributed by atoms with E-state index < -0.39 is 0 Å². The standard InChI is InChI=1S/C48H30N2.C47H30N2.C46H30N2/c1-3-11-33-25-37(19-17-31(33)9-1)47-41-14-6-7-15-42(41)48(38-20-18-32-10-2-4-12-34(32)26-38)44-28-35(21-23-43(44)47)39-22-24-46(49-29-39)40-27-36-13-5-8-16-45(36)50-30-40;1-2-16-38(17-3-1)49-44-21-11-10-20-43(44)48-47(49)37-26-27-41-42(30-37)46(36-25-23-32-13-5-7-15-34(32)29-36)40-19-9-8-18-39(40)45(41)35-24-22-31-12-4-6-14-33(31)28-35;1-2-12-37-31(10-1)11-9-15-38(37)36-26-27-41-42(30-36)46(35-24-20-33(21-25-35)44-17-6-8-29-48-44)40-14-4-3-13-39(40)45(41)34-22-18-32(19-23-34)43-16-5-7-28-47-43/h1-30H;1-30H;1-30H. The maximum atomic E-state index is 5.25. The second kappa shape index (κ2) is 37.2. The van der Waals surface area contributed by atoms with Gasteiger partial charge >= 0.3 is 0 Å². The Morgan fingerprint density at radius 1 is 0.150 bits per heavy atom. The van der Waals surface area contributed by atoms with Crippen LogP contribution in [0, 0.1) is 0 Å². The minimum Gasteiger partial charge on any atom is -0.292 e. The van der Waals surface area contributed by atoms with Gasteiger partial charge in [-0.1, -0.05) is 413 Å². The van der Waals surface area contributed by atoms with Gasteiger partial charge in [-0.2, -0.15) is 0 Å². The van der Waals surface area contributed by atoms with E-state index in [0.717, 1.165) is 83.9 Å². The van der Waals surface area contributed by atoms with E-state index in [0.29, 0.717) is 0 Å². The van der Waals surface area contributed by atoms with Crippen molar-refractivity contribution in [1.29, 1.82) is 0 Å². The SMILES string of the molecule is c1ccc(-c2ccc(-c3c4ccccc4c(-c4ccc(-c5ccccn5)cc4)c4cc(-c5cccc6ccccc56)ccc34)cc2)nc1.c1ccc(-n2c(-c3ccc4c(-c5ccc6ccccc6c5)c5ccccc5c(-c5ccc6ccccc6c5)c4c3)nc3ccccc32)cc1.c1ccc2cc(-c3c4ccccc4c(-c4ccc5ccccc5c4)c4cc(-c5ccc(-c6cnc7ccccc7c6)nc5)ccc34)ccc2c1. The highest BCUT2D eigenvalue weighted by molar-refractivity contribution is 6.26. The molecule has 0 atom stereocenters. The Balaban J connectivity index is 0.000000109. The van der Waals surface area contributed by atoms with Crippen molar-refractivity contribution in [2.24, 2.45) is 0 Å². The van der Waals surface area contributed by atoms with Crippen molar-refractivity contribution in [2.45, 2.75) is 0 Å². The molecule has 0 unspecified atom stereocenters. The molecule has 0 aliphatic rings. The fraction of sp³-hybridized carbons (Fsp3) is 0. The van der Waals surface area contributed by atoms with Gasteiger partial charge < -0.3 is 0 Å². The first-order valence-corrected chi connectivity index (χ1v) is 50.2. The molecule has 0 bridgehead atoms. The zero-order valence-electron chi connectivity index (χ0n) is 80.1. The number of rotatable bonds is 13. The fourth-order valence-corrected chi connectivity index (χ4v) is 22.4. The van der Waals surface area contributed by atoms with E-state index in [1.807, 2.05) is 67.3 Å². The maximum Gasteiger partial charge on any atom is 0.145 e. The lowest BCUT2D eigenvalue weighted by Gasteiger charge is -2.19. The first-order valence-electron chi connectivity index (χ1n) is 50.2. The maximum absolute atomic E-state index is 5.25. The van der Waals surface area contributed by atoms with Gasteiger partial charge in [0.2, 0.25) is 0 Å². The molecule has 5 aromatic heterocycles. The summed E-state index contributed by atoms with van der Waals surface area (Å²) in [5, 5.41) is 28.3. The molecule has 29 aromatic rings. The summed E-state index contributed by atoms with van der Waals surface area (Å²) in [5.41, 5.74) is 30.7. The summed E-state index contributed by atoms with van der Waals surface area (Å²) < 4.78 is 2.29. The van der Waals surface area contributed by atoms with E-state index in [-0.39, 0.29) is 0 Å². The van der Waals surface area contributed by atoms with E-state index in [2.05, 4.69) is 499 Å². The van der Waals surface area contributed by atoms with Crippen molar-refractivity contribution in [3.8, 4) is 140 Å². The van der Waals surface area contributed by atoms with Crippen LogP contribution in [-0.2, 0) is 0 Å². The molecule has 0 aliphatic carbocycles. The van der Waals surface area contributed by atoms with Gasteiger partial charge in [0.15, 0.2) is 0 Å². The van der Waals surface area contributed by atoms with E-state index in [9.17, 15) is 0 Å². The predicted octanol–water partition coefficient (Wildman–Crippen LogP) is 37.8. The number of aromatic nitrogens is 6. The molecule has 0 aliphatic heterocycles. The molecular weight excluding hydrogens is 1780 g/mol. The number of para-hydroxylation sites is 4. The highest BCUT2D eigenvalue weighted by Crippen LogP contribution is 2.52. The molecule has 6 nitrogen and oxygen atoms in total. The highest BCUT2D eigenvalue weighted by atomic mass is 15.1. The number of pyridine rings is 4. The van der Waals surface area contributed by atoms with Crippen LogP contribution >= 0.6 is 0 Å². The smallest absolute Gasteiger partial charge is 0.145 e. The Kier molecular flexibility index (Phi) is 21.9. The third-order valence-electron chi connectivity index (χ3n) is 29.4. The minimum absolute atomic E-state index is 0.911. The molecule has 0 saturated carbocycles. The third kappa shape index (κ3) is 16.0. The van der Waals surface area contributed by atoms with E-state index in [1.54, 1.807) is 0 Å². The molecule has 6 heteroatoms. The van der Waals surface area contributed by atoms with Crippen molar-refractivity contribution in [1.82, 2.24) is 29.5 Å². The molecule has 5 heterocycles. The van der Waals surface area contributed by atoms with E-state index in [4.69, 9.17) is 9.97 Å². The molecule has 29 rings (SSSR count). The van der Waals surface area contributed by atoms with Gasteiger partial charge in [0.25, 0.3) is 0 Å². The van der Waals surface area contributed by atoms with Gasteiger partial charge in [-0.25, -0.2) is 4.98 Å². The summed E-state index contributed by atoms with van der Waals surface area (Å²) in [6.07, 6.45) is 7.60. The Morgan fingerprint density at radius 2 is 0.469 bits per heavy atom. The van der Waals surface area contributed by atoms with Crippen LogP contribution in [0.25, 0.3) is 280 Å². The first-order chi connectivity index (χ1) is 72.9. The first kappa shape index (κ1) is 86.6. The van der Waals surface area contributed by atoms with Gasteiger partial charge in [0, 0.05) is 63.7 Å². The van der Waals surface area contributed by atoms with E-state index >= 15 is 0 Å². The largest absolute Gasteiger partial charge is 0.292 e. The van der Waals surface area contributed by atoms with Crippen LogP contribution in [0.2, 0.25) is 0 Å². The summed E-state index contributed by atoms with van der Waals surface area (Å²) in [6, 6.07) is 188. The van der Waals surface area contributed by atoms with E-state index in [1.165, 1.54) is 196 Å². The summed E-state index contributed by atoms with van der Waals surface area (Å²) >= 11 is 0. The van der Waals surface area contributed by atoms with Crippen LogP contribution in [0.4, 0.5) is 0 Å². The number of fused-ring (bicyclic) bond motifs is 13. The van der Waals surface area contributed by atoms with Crippen molar-refractivity contribution < 1.29 is 0 Å². The Bertz CT molecular complexity index is 10200. The van der Waals surface area contributed by atoms with Crippen molar-refractivity contribution in [3.63, 3.8) is 0 Å². The minimum atomic E-state index is 0.911. The summed E-state index contributed by atoms with van der Waals surface area (Å²) in [7, 11) is 0. The van der Waals surface area contributed by atoms with Crippen LogP contribution in [-0.4, -0.2) is 29.5 Å². The molecule has 24 aromatic carbocycles. The van der Waals surface area contributed by atoms with Crippen LogP contribution in [0.1, 0.15) is 0 Å². The lowest BCUT2D eigenvalue weighted by Crippen LogP contribution is -1.98. The molecule has 0 radical (unpaired) electrons. The molecule has 147 heavy (non-hydrogen) atoms. The monoisotopic (exact) mass is 1870 g/mol. The normalized spacial score (nSPS) is 11.5. The van der Waals surface area contributed by atoms with Gasteiger partial charge in [0.05, 0.1) is 33.6 Å². The molecule has 684 valence electrons. The van der Waals surface area contributed by atoms with Crippen molar-refractivity contribution in [3.05, 3.63) is 546 Å². The van der Waals surface area contributed by atoms with Crippen LogP contribution in [0.3, 0.4) is 0 Å². The molecule has 0 saturated heterocycles. The van der Waals surface area contributed by atoms with Gasteiger partial charge in [-0.15, -0.1) is 0 Å². The number of benzene rings is 24. The zero-order chi connectivity index (χ0) is 97.2. The zero-order valence-corrected chi connectivity index (χ0v) is 80.1. The number of imidazole rings is 1. The third-order valence-corrected chi connectivity index (χ3v) is 29.4. The number of nitrogens with zero attached hydrogens (tertiary/aromatic N) is 6. The molecular formula is C141H90N6. The summed E-state index contributed by atoms with van der Waals surface area (Å²) in [5.74, 6) is 0.930. The Hall–Kier alpha value is -19.5. The predicted molar refractivity (Wildman–Crippen MR) is 620 cm³/mol. The molecule has 0 spiro atoms. The van der Waals surface area contributed by atoms with Crippen molar-refractivity contribution in [2.75, 3.05) is 0 Å². The highest BCUT2D eigenvalue weighted by Gasteiger charge is 2.26. The molecule has 0 fully saturated rings. The molecule has 0 amide bonds. The Labute approximate surface area is 850 Å². The quantitative estimate of drug-likeness (QED) is 0.108. The van der Waals surface area contributed by atoms with Crippen LogP contribution in [0.5, 0.6) is 0 Å². The average molecular weight is 1870 g/mol. The van der Waals surface area contributed by atoms with Crippen LogP contribution in [0.15, 0.2) is 546 Å². The number of hydrogen-bond donors (Lipinski definition) is 0. The second-order valence-electron chi connectivity index (χ2n) is 38.0. The van der Waals surface area contributed by atoms with Gasteiger partial charge in [-0.05, 0) is 311 Å². The topological polar surface area (TPSA) is 69.4 Å². The fourth-order valence-electron chi connectivity index (χ4n) is 22.4. The average Bonchev–Trinajstić information content (AvgIpc) is 0.794.